The number of halogens is 2. The highest BCUT2D eigenvalue weighted by Gasteiger charge is 2.15. The molecule has 0 unspecified atom stereocenters. The summed E-state index contributed by atoms with van der Waals surface area (Å²) in [5, 5.41) is 19.7. The number of nitrogens with one attached hydrogen (secondary N) is 1. The first-order chi connectivity index (χ1) is 13.7. The van der Waals surface area contributed by atoms with E-state index in [4.69, 9.17) is 16.7 Å². The summed E-state index contributed by atoms with van der Waals surface area (Å²) < 4.78 is 1.75. The number of H-pyrrole nitrogens is 1. The Labute approximate surface area is 176 Å². The summed E-state index contributed by atoms with van der Waals surface area (Å²) in [7, 11) is 0. The topological polar surface area (TPSA) is 125 Å². The largest absolute Gasteiger partial charge is 0.493 e. The maximum atomic E-state index is 12.3. The van der Waals surface area contributed by atoms with Crippen LogP contribution in [0.5, 0.6) is 5.88 Å². The standard InChI is InChI=1S/C19H13BrClN3O5/c1-9-6-11(3-4-14(9)20)24-17(26)13(16(25)23-19(24)29)8-22-10-2-5-15(21)12(7-10)18(27)28/h2-8,26H,1H3,(H,27,28)(H,23,25,29). The zero-order valence-corrected chi connectivity index (χ0v) is 17.2. The highest BCUT2D eigenvalue weighted by molar-refractivity contribution is 9.10. The first-order valence-corrected chi connectivity index (χ1v) is 9.28. The molecule has 0 radical (unpaired) electrons. The molecule has 3 N–H and O–H groups in total. The number of aromatic hydroxyl groups is 1. The van der Waals surface area contributed by atoms with Gasteiger partial charge in [-0.1, -0.05) is 27.5 Å². The van der Waals surface area contributed by atoms with Gasteiger partial charge in [-0.15, -0.1) is 0 Å². The van der Waals surface area contributed by atoms with Gasteiger partial charge in [0.05, 0.1) is 22.0 Å². The second-order valence-corrected chi connectivity index (χ2v) is 7.25. The number of rotatable bonds is 4. The van der Waals surface area contributed by atoms with Gasteiger partial charge in [-0.05, 0) is 48.9 Å². The molecule has 0 atom stereocenters. The second-order valence-electron chi connectivity index (χ2n) is 5.99. The molecule has 8 nitrogen and oxygen atoms in total. The lowest BCUT2D eigenvalue weighted by atomic mass is 10.2. The predicted molar refractivity (Wildman–Crippen MR) is 112 cm³/mol. The number of aromatic carboxylic acids is 1. The third-order valence-corrected chi connectivity index (χ3v) is 5.26. The molecule has 10 heteroatoms. The molecule has 3 rings (SSSR count). The van der Waals surface area contributed by atoms with Crippen molar-refractivity contribution in [3.8, 4) is 11.6 Å². The molecular formula is C19H13BrClN3O5. The third-order valence-electron chi connectivity index (χ3n) is 4.04. The van der Waals surface area contributed by atoms with Crippen LogP contribution in [0.15, 0.2) is 55.5 Å². The summed E-state index contributed by atoms with van der Waals surface area (Å²) in [6.07, 6.45) is 1.05. The van der Waals surface area contributed by atoms with Gasteiger partial charge in [0.2, 0.25) is 5.88 Å². The van der Waals surface area contributed by atoms with Gasteiger partial charge in [0.15, 0.2) is 0 Å². The number of carboxylic acids is 1. The number of aryl methyl sites for hydroxylation is 1. The summed E-state index contributed by atoms with van der Waals surface area (Å²) in [5.41, 5.74) is -0.717. The maximum Gasteiger partial charge on any atom is 0.337 e. The summed E-state index contributed by atoms with van der Waals surface area (Å²) in [5.74, 6) is -1.83. The molecule has 1 aromatic heterocycles. The van der Waals surface area contributed by atoms with Crippen LogP contribution < -0.4 is 11.2 Å². The molecule has 29 heavy (non-hydrogen) atoms. The number of carboxylic acid groups (broad SMARTS) is 1. The fourth-order valence-electron chi connectivity index (χ4n) is 2.56. The lowest BCUT2D eigenvalue weighted by Gasteiger charge is -2.11. The SMILES string of the molecule is Cc1cc(-n2c(O)c(C=Nc3ccc(Cl)c(C(=O)O)c3)c(=O)[nH]c2=O)ccc1Br. The summed E-state index contributed by atoms with van der Waals surface area (Å²) in [4.78, 5) is 41.8. The van der Waals surface area contributed by atoms with Crippen LogP contribution in [-0.4, -0.2) is 31.9 Å². The zero-order chi connectivity index (χ0) is 21.3. The highest BCUT2D eigenvalue weighted by Crippen LogP contribution is 2.24. The molecule has 0 bridgehead atoms. The molecule has 0 saturated heterocycles. The molecule has 0 fully saturated rings. The van der Waals surface area contributed by atoms with Gasteiger partial charge in [0, 0.05) is 10.7 Å². The number of hydrogen-bond donors (Lipinski definition) is 3. The molecule has 2 aromatic carbocycles. The quantitative estimate of drug-likeness (QED) is 0.496. The molecular weight excluding hydrogens is 466 g/mol. The van der Waals surface area contributed by atoms with E-state index in [0.717, 1.165) is 20.8 Å². The van der Waals surface area contributed by atoms with E-state index in [-0.39, 0.29) is 21.8 Å². The number of nitrogens with zero attached hydrogens (tertiary/aromatic N) is 2. The fraction of sp³-hybridized carbons (Fsp3) is 0.0526. The van der Waals surface area contributed by atoms with E-state index in [9.17, 15) is 19.5 Å². The van der Waals surface area contributed by atoms with Gasteiger partial charge >= 0.3 is 11.7 Å². The van der Waals surface area contributed by atoms with Crippen molar-refractivity contribution in [2.24, 2.45) is 4.99 Å². The predicted octanol–water partition coefficient (Wildman–Crippen LogP) is 3.40. The molecule has 0 aliphatic heterocycles. The Morgan fingerprint density at radius 2 is 1.97 bits per heavy atom. The van der Waals surface area contributed by atoms with Crippen molar-refractivity contribution in [2.45, 2.75) is 6.92 Å². The van der Waals surface area contributed by atoms with Gasteiger partial charge in [-0.2, -0.15) is 0 Å². The molecule has 0 amide bonds. The Morgan fingerprint density at radius 1 is 1.24 bits per heavy atom. The van der Waals surface area contributed by atoms with Gasteiger partial charge in [0.25, 0.3) is 5.56 Å². The number of carbonyl (C=O) groups is 1. The molecule has 0 saturated carbocycles. The summed E-state index contributed by atoms with van der Waals surface area (Å²) >= 11 is 9.18. The normalized spacial score (nSPS) is 11.1. The number of aliphatic imine (C=N–C) groups is 1. The molecule has 0 aliphatic rings. The number of aromatic nitrogens is 2. The Bertz CT molecular complexity index is 1280. The Morgan fingerprint density at radius 3 is 2.62 bits per heavy atom. The Balaban J connectivity index is 2.11. The zero-order valence-electron chi connectivity index (χ0n) is 14.8. The molecule has 1 heterocycles. The van der Waals surface area contributed by atoms with Crippen LogP contribution in [0.2, 0.25) is 5.02 Å². The monoisotopic (exact) mass is 477 g/mol. The smallest absolute Gasteiger partial charge is 0.337 e. The average Bonchev–Trinajstić information content (AvgIpc) is 2.65. The van der Waals surface area contributed by atoms with Crippen LogP contribution >= 0.6 is 27.5 Å². The van der Waals surface area contributed by atoms with Crippen molar-refractivity contribution in [2.75, 3.05) is 0 Å². The van der Waals surface area contributed by atoms with E-state index >= 15 is 0 Å². The Kier molecular flexibility index (Phi) is 5.71. The maximum absolute atomic E-state index is 12.3. The van der Waals surface area contributed by atoms with Crippen molar-refractivity contribution in [1.82, 2.24) is 9.55 Å². The van der Waals surface area contributed by atoms with E-state index < -0.39 is 23.1 Å². The average molecular weight is 479 g/mol. The van der Waals surface area contributed by atoms with Crippen molar-refractivity contribution in [3.05, 3.63) is 83.4 Å². The fourth-order valence-corrected chi connectivity index (χ4v) is 3.00. The summed E-state index contributed by atoms with van der Waals surface area (Å²) in [6.45, 7) is 1.81. The van der Waals surface area contributed by atoms with Gasteiger partial charge in [-0.25, -0.2) is 14.2 Å². The van der Waals surface area contributed by atoms with E-state index in [0.29, 0.717) is 5.69 Å². The van der Waals surface area contributed by atoms with Gasteiger partial charge in [-0.3, -0.25) is 14.8 Å². The van der Waals surface area contributed by atoms with Crippen LogP contribution in [0.3, 0.4) is 0 Å². The lowest BCUT2D eigenvalue weighted by Crippen LogP contribution is -2.31. The van der Waals surface area contributed by atoms with Crippen LogP contribution in [0.25, 0.3) is 5.69 Å². The van der Waals surface area contributed by atoms with Crippen LogP contribution in [0.4, 0.5) is 5.69 Å². The number of hydrogen-bond acceptors (Lipinski definition) is 5. The second kappa shape index (κ2) is 8.06. The van der Waals surface area contributed by atoms with E-state index in [1.54, 1.807) is 18.2 Å². The van der Waals surface area contributed by atoms with Crippen LogP contribution in [0, 0.1) is 6.92 Å². The molecule has 3 aromatic rings. The van der Waals surface area contributed by atoms with Crippen LogP contribution in [-0.2, 0) is 0 Å². The molecule has 0 spiro atoms. The molecule has 148 valence electrons. The minimum Gasteiger partial charge on any atom is -0.493 e. The van der Waals surface area contributed by atoms with Crippen molar-refractivity contribution in [3.63, 3.8) is 0 Å². The van der Waals surface area contributed by atoms with Gasteiger partial charge in [0.1, 0.15) is 5.56 Å². The third kappa shape index (κ3) is 4.15. The Hall–Kier alpha value is -3.17. The highest BCUT2D eigenvalue weighted by atomic mass is 79.9. The van der Waals surface area contributed by atoms with Crippen LogP contribution in [0.1, 0.15) is 21.5 Å². The van der Waals surface area contributed by atoms with Crippen molar-refractivity contribution >= 4 is 45.4 Å². The van der Waals surface area contributed by atoms with Crippen molar-refractivity contribution in [1.29, 1.82) is 0 Å². The first kappa shape index (κ1) is 20.6. The summed E-state index contributed by atoms with van der Waals surface area (Å²) in [6, 6.07) is 8.98. The minimum atomic E-state index is -1.23. The van der Waals surface area contributed by atoms with E-state index in [1.165, 1.54) is 18.2 Å². The van der Waals surface area contributed by atoms with E-state index in [1.807, 2.05) is 6.92 Å². The molecule has 0 aliphatic carbocycles. The van der Waals surface area contributed by atoms with E-state index in [2.05, 4.69) is 25.9 Å². The van der Waals surface area contributed by atoms with Gasteiger partial charge < -0.3 is 10.2 Å². The van der Waals surface area contributed by atoms with Crippen molar-refractivity contribution < 1.29 is 15.0 Å². The lowest BCUT2D eigenvalue weighted by molar-refractivity contribution is 0.0697. The number of benzene rings is 2. The minimum absolute atomic E-state index is 0.0382. The first-order valence-electron chi connectivity index (χ1n) is 8.10. The number of aromatic amines is 1.